The van der Waals surface area contributed by atoms with Crippen molar-refractivity contribution in [1.82, 2.24) is 0 Å². The molecule has 48 heavy (non-hydrogen) atoms. The van der Waals surface area contributed by atoms with Crippen LogP contribution in [-0.4, -0.2) is 22.6 Å². The quantitative estimate of drug-likeness (QED) is 0.178. The van der Waals surface area contributed by atoms with Crippen molar-refractivity contribution >= 4 is 12.4 Å². The Bertz CT molecular complexity index is 1730. The first-order valence-electron chi connectivity index (χ1n) is 17.3. The molecule has 4 aromatic rings. The molecular weight excluding hydrogens is 588 g/mol. The maximum absolute atomic E-state index is 11.6. The van der Waals surface area contributed by atoms with Gasteiger partial charge in [0.05, 0.1) is 0 Å². The lowest BCUT2D eigenvalue weighted by molar-refractivity contribution is 0.443. The molecule has 2 atom stereocenters. The summed E-state index contributed by atoms with van der Waals surface area (Å²) < 4.78 is 0. The summed E-state index contributed by atoms with van der Waals surface area (Å²) in [7, 11) is 0. The van der Waals surface area contributed by atoms with Gasteiger partial charge in [-0.2, -0.15) is 0 Å². The van der Waals surface area contributed by atoms with Gasteiger partial charge in [0.25, 0.3) is 0 Å². The minimum atomic E-state index is -0.399. The van der Waals surface area contributed by atoms with E-state index in [1.807, 2.05) is 48.8 Å². The van der Waals surface area contributed by atoms with Crippen molar-refractivity contribution in [1.29, 1.82) is 0 Å². The molecule has 4 nitrogen and oxygen atoms in total. The van der Waals surface area contributed by atoms with Crippen molar-refractivity contribution in [2.24, 2.45) is 15.9 Å². The average molecular weight is 645 g/mol. The van der Waals surface area contributed by atoms with E-state index in [0.717, 1.165) is 34.2 Å². The van der Waals surface area contributed by atoms with Gasteiger partial charge in [0.1, 0.15) is 23.6 Å². The third-order valence-corrected chi connectivity index (χ3v) is 8.79. The molecule has 0 saturated carbocycles. The third kappa shape index (κ3) is 9.04. The molecule has 0 spiro atoms. The minimum Gasteiger partial charge on any atom is -0.507 e. The van der Waals surface area contributed by atoms with Crippen LogP contribution < -0.4 is 0 Å². The molecule has 0 saturated heterocycles. The predicted molar refractivity (Wildman–Crippen MR) is 204 cm³/mol. The Labute approximate surface area is 289 Å². The standard InChI is InChI=1S/C44H56N2O2/c1-29(2)22-30-23-33(40(47)36(24-30)43(6,7)8)27-45-38(31-18-14-12-15-19-31)39(32-20-16-13-17-21-32)46-28-34-25-35(42(3,4)5)26-37(41(34)48)44(9,10)11/h12-21,23-29,38-39,47-48H,22H2,1-11H3. The van der Waals surface area contributed by atoms with Crippen molar-refractivity contribution in [2.75, 3.05) is 0 Å². The van der Waals surface area contributed by atoms with Crippen molar-refractivity contribution in [3.8, 4) is 11.5 Å². The highest BCUT2D eigenvalue weighted by Gasteiger charge is 2.27. The summed E-state index contributed by atoms with van der Waals surface area (Å²) in [5, 5.41) is 23.1. The van der Waals surface area contributed by atoms with Gasteiger partial charge < -0.3 is 10.2 Å². The Hall–Kier alpha value is -4.18. The number of nitrogens with zero attached hydrogens (tertiary/aromatic N) is 2. The molecule has 0 aliphatic rings. The summed E-state index contributed by atoms with van der Waals surface area (Å²) in [5.74, 6) is 1.00. The molecule has 2 N–H and O–H groups in total. The van der Waals surface area contributed by atoms with Crippen LogP contribution in [0.25, 0.3) is 0 Å². The smallest absolute Gasteiger partial charge is 0.128 e. The first-order valence-corrected chi connectivity index (χ1v) is 17.3. The fourth-order valence-electron chi connectivity index (χ4n) is 6.06. The monoisotopic (exact) mass is 644 g/mol. The van der Waals surface area contributed by atoms with Crippen LogP contribution in [0.15, 0.2) is 94.9 Å². The molecule has 0 bridgehead atoms. The third-order valence-electron chi connectivity index (χ3n) is 8.79. The maximum atomic E-state index is 11.6. The van der Waals surface area contributed by atoms with Crippen LogP contribution in [-0.2, 0) is 22.7 Å². The lowest BCUT2D eigenvalue weighted by Crippen LogP contribution is -2.17. The van der Waals surface area contributed by atoms with Crippen molar-refractivity contribution in [3.05, 3.63) is 129 Å². The SMILES string of the molecule is CC(C)Cc1cc(C=NC(c2ccccc2)C(N=Cc2cc(C(C)(C)C)cc(C(C)(C)C)c2O)c2ccccc2)c(O)c(C(C)(C)C)c1. The lowest BCUT2D eigenvalue weighted by atomic mass is 9.79. The van der Waals surface area contributed by atoms with Gasteiger partial charge in [-0.25, -0.2) is 0 Å². The zero-order valence-electron chi connectivity index (χ0n) is 31.0. The molecule has 0 fully saturated rings. The highest BCUT2D eigenvalue weighted by Crippen LogP contribution is 2.40. The van der Waals surface area contributed by atoms with Crippen molar-refractivity contribution < 1.29 is 10.2 Å². The van der Waals surface area contributed by atoms with Crippen LogP contribution >= 0.6 is 0 Å². The second-order valence-corrected chi connectivity index (χ2v) is 16.7. The van der Waals surface area contributed by atoms with Crippen LogP contribution in [0.3, 0.4) is 0 Å². The molecule has 4 heteroatoms. The van der Waals surface area contributed by atoms with Gasteiger partial charge in [0, 0.05) is 34.7 Å². The van der Waals surface area contributed by atoms with Gasteiger partial charge in [-0.05, 0) is 63.0 Å². The molecule has 0 amide bonds. The summed E-state index contributed by atoms with van der Waals surface area (Å²) in [6.07, 6.45) is 4.56. The largest absolute Gasteiger partial charge is 0.507 e. The summed E-state index contributed by atoms with van der Waals surface area (Å²) in [4.78, 5) is 10.5. The fraction of sp³-hybridized carbons (Fsp3) is 0.409. The van der Waals surface area contributed by atoms with Gasteiger partial charge in [-0.15, -0.1) is 0 Å². The Morgan fingerprint density at radius 3 is 1.38 bits per heavy atom. The number of rotatable bonds is 9. The Morgan fingerprint density at radius 2 is 0.979 bits per heavy atom. The summed E-state index contributed by atoms with van der Waals surface area (Å²) in [5.41, 5.74) is 6.98. The van der Waals surface area contributed by atoms with Gasteiger partial charge in [-0.3, -0.25) is 9.98 Å². The highest BCUT2D eigenvalue weighted by molar-refractivity contribution is 5.86. The molecule has 2 unspecified atom stereocenters. The maximum Gasteiger partial charge on any atom is 0.128 e. The Morgan fingerprint density at radius 1 is 0.562 bits per heavy atom. The highest BCUT2D eigenvalue weighted by atomic mass is 16.3. The summed E-state index contributed by atoms with van der Waals surface area (Å²) >= 11 is 0. The number of hydrogen-bond acceptors (Lipinski definition) is 4. The molecule has 4 aromatic carbocycles. The molecule has 0 aromatic heterocycles. The number of benzene rings is 4. The Balaban J connectivity index is 1.92. The van der Waals surface area contributed by atoms with Crippen LogP contribution in [0.5, 0.6) is 11.5 Å². The van der Waals surface area contributed by atoms with E-state index in [1.165, 1.54) is 5.56 Å². The van der Waals surface area contributed by atoms with Crippen LogP contribution in [0, 0.1) is 5.92 Å². The number of aliphatic imine (C=N–C) groups is 2. The zero-order chi connectivity index (χ0) is 35.4. The fourth-order valence-corrected chi connectivity index (χ4v) is 6.06. The second-order valence-electron chi connectivity index (χ2n) is 16.7. The van der Waals surface area contributed by atoms with E-state index >= 15 is 0 Å². The van der Waals surface area contributed by atoms with E-state index in [2.05, 4.69) is 125 Å². The lowest BCUT2D eigenvalue weighted by Gasteiger charge is -2.27. The van der Waals surface area contributed by atoms with Crippen molar-refractivity contribution in [2.45, 2.75) is 111 Å². The van der Waals surface area contributed by atoms with E-state index in [4.69, 9.17) is 9.98 Å². The van der Waals surface area contributed by atoms with E-state index in [9.17, 15) is 10.2 Å². The minimum absolute atomic E-state index is 0.107. The zero-order valence-corrected chi connectivity index (χ0v) is 31.0. The summed E-state index contributed by atoms with van der Waals surface area (Å²) in [6.45, 7) is 23.8. The second kappa shape index (κ2) is 14.5. The molecule has 4 rings (SSSR count). The van der Waals surface area contributed by atoms with E-state index in [1.54, 1.807) is 0 Å². The number of aromatic hydroxyl groups is 2. The first kappa shape index (κ1) is 36.7. The Kier molecular flexibility index (Phi) is 11.1. The van der Waals surface area contributed by atoms with E-state index in [0.29, 0.717) is 17.0 Å². The topological polar surface area (TPSA) is 65.2 Å². The van der Waals surface area contributed by atoms with Gasteiger partial charge in [-0.1, -0.05) is 149 Å². The van der Waals surface area contributed by atoms with Gasteiger partial charge in [0.15, 0.2) is 0 Å². The van der Waals surface area contributed by atoms with E-state index < -0.39 is 12.1 Å². The summed E-state index contributed by atoms with van der Waals surface area (Å²) in [6, 6.07) is 28.0. The molecule has 0 heterocycles. The molecule has 0 radical (unpaired) electrons. The van der Waals surface area contributed by atoms with Crippen LogP contribution in [0.2, 0.25) is 0 Å². The first-order chi connectivity index (χ1) is 22.4. The van der Waals surface area contributed by atoms with E-state index in [-0.39, 0.29) is 27.7 Å². The normalized spacial score (nSPS) is 14.2. The van der Waals surface area contributed by atoms with Gasteiger partial charge >= 0.3 is 0 Å². The molecule has 254 valence electrons. The van der Waals surface area contributed by atoms with Crippen LogP contribution in [0.1, 0.15) is 133 Å². The number of hydrogen-bond donors (Lipinski definition) is 2. The number of phenols is 2. The van der Waals surface area contributed by atoms with Crippen LogP contribution in [0.4, 0.5) is 0 Å². The number of phenolic OH excluding ortho intramolecular Hbond substituents is 2. The molecule has 0 aliphatic heterocycles. The van der Waals surface area contributed by atoms with Crippen molar-refractivity contribution in [3.63, 3.8) is 0 Å². The molecule has 0 aliphatic carbocycles. The van der Waals surface area contributed by atoms with Gasteiger partial charge in [0.2, 0.25) is 0 Å². The average Bonchev–Trinajstić information content (AvgIpc) is 2.99. The predicted octanol–water partition coefficient (Wildman–Crippen LogP) is 11.2. The molecular formula is C44H56N2O2.